The first-order chi connectivity index (χ1) is 18.4. The average Bonchev–Trinajstić information content (AvgIpc) is 3.39. The highest BCUT2D eigenvalue weighted by molar-refractivity contribution is 5.92. The number of carbonyl (C=O) groups is 1. The van der Waals surface area contributed by atoms with Gasteiger partial charge in [-0.2, -0.15) is 5.10 Å². The lowest BCUT2D eigenvalue weighted by Gasteiger charge is -2.13. The zero-order valence-corrected chi connectivity index (χ0v) is 21.4. The molecule has 2 heterocycles. The highest BCUT2D eigenvalue weighted by Crippen LogP contribution is 2.30. The van der Waals surface area contributed by atoms with Crippen LogP contribution in [0.4, 0.5) is 5.69 Å². The van der Waals surface area contributed by atoms with Gasteiger partial charge >= 0.3 is 0 Å². The van der Waals surface area contributed by atoms with E-state index < -0.39 is 0 Å². The van der Waals surface area contributed by atoms with E-state index in [-0.39, 0.29) is 23.7 Å². The maximum absolute atomic E-state index is 13.4. The molecule has 0 aliphatic carbocycles. The summed E-state index contributed by atoms with van der Waals surface area (Å²) in [6.45, 7) is 5.40. The van der Waals surface area contributed by atoms with Crippen LogP contribution in [-0.4, -0.2) is 22.3 Å². The van der Waals surface area contributed by atoms with E-state index in [0.717, 1.165) is 16.8 Å². The van der Waals surface area contributed by atoms with Crippen molar-refractivity contribution >= 4 is 22.6 Å². The van der Waals surface area contributed by atoms with Gasteiger partial charge in [-0.25, -0.2) is 4.68 Å². The number of ether oxygens (including phenoxy) is 2. The molecule has 0 unspecified atom stereocenters. The smallest absolute Gasteiger partial charge is 0.262 e. The number of para-hydroxylation sites is 1. The molecular weight excluding hydrogens is 482 g/mol. The van der Waals surface area contributed by atoms with Crippen LogP contribution in [0.1, 0.15) is 23.8 Å². The van der Waals surface area contributed by atoms with Gasteiger partial charge in [0.05, 0.1) is 23.5 Å². The Labute approximate surface area is 219 Å². The van der Waals surface area contributed by atoms with E-state index in [1.54, 1.807) is 36.1 Å². The van der Waals surface area contributed by atoms with Gasteiger partial charge in [0.25, 0.3) is 5.91 Å². The number of carbonyl (C=O) groups excluding carboxylic acids is 1. The van der Waals surface area contributed by atoms with Crippen molar-refractivity contribution in [3.05, 3.63) is 106 Å². The number of nitrogens with zero attached hydrogens (tertiary/aromatic N) is 2. The predicted octanol–water partition coefficient (Wildman–Crippen LogP) is 5.97. The number of aryl methyl sites for hydroxylation is 3. The van der Waals surface area contributed by atoms with E-state index in [1.807, 2.05) is 68.4 Å². The molecule has 0 radical (unpaired) electrons. The van der Waals surface area contributed by atoms with Crippen LogP contribution in [0.25, 0.3) is 16.7 Å². The first-order valence-electron chi connectivity index (χ1n) is 12.3. The van der Waals surface area contributed by atoms with Crippen LogP contribution >= 0.6 is 0 Å². The van der Waals surface area contributed by atoms with Gasteiger partial charge in [-0.15, -0.1) is 0 Å². The largest absolute Gasteiger partial charge is 0.483 e. The number of rotatable bonds is 8. The molecule has 0 aliphatic heterocycles. The van der Waals surface area contributed by atoms with Gasteiger partial charge in [0.2, 0.25) is 11.2 Å². The van der Waals surface area contributed by atoms with Crippen LogP contribution in [0.3, 0.4) is 0 Å². The van der Waals surface area contributed by atoms with Crippen LogP contribution < -0.4 is 20.2 Å². The van der Waals surface area contributed by atoms with E-state index in [2.05, 4.69) is 10.4 Å². The summed E-state index contributed by atoms with van der Waals surface area (Å²) in [5.41, 5.74) is 3.46. The summed E-state index contributed by atoms with van der Waals surface area (Å²) >= 11 is 0. The van der Waals surface area contributed by atoms with Crippen LogP contribution in [0.5, 0.6) is 17.2 Å². The first kappa shape index (κ1) is 24.8. The Kier molecular flexibility index (Phi) is 6.95. The van der Waals surface area contributed by atoms with Crippen molar-refractivity contribution in [2.75, 3.05) is 11.9 Å². The standard InChI is InChI=1S/C30H27N3O5/c1-4-21-14-25-27(15-26(21)36-18-28(34)32-22-10-8-9-19(2)13-22)37-20(3)30(29(25)35)38-24-16-31-33(17-24)23-11-6-5-7-12-23/h5-17H,4,18H2,1-3H3,(H,32,34). The Bertz CT molecular complexity index is 1670. The Balaban J connectivity index is 1.37. The van der Waals surface area contributed by atoms with Gasteiger partial charge in [0.15, 0.2) is 12.4 Å². The molecule has 3 aromatic carbocycles. The van der Waals surface area contributed by atoms with Crippen molar-refractivity contribution < 1.29 is 18.7 Å². The van der Waals surface area contributed by atoms with Gasteiger partial charge in [0, 0.05) is 11.8 Å². The van der Waals surface area contributed by atoms with Gasteiger partial charge in [0.1, 0.15) is 17.1 Å². The molecule has 2 aromatic heterocycles. The highest BCUT2D eigenvalue weighted by atomic mass is 16.5. The van der Waals surface area contributed by atoms with Crippen molar-refractivity contribution in [3.63, 3.8) is 0 Å². The topological polar surface area (TPSA) is 95.6 Å². The second-order valence-electron chi connectivity index (χ2n) is 8.89. The van der Waals surface area contributed by atoms with Crippen LogP contribution in [0.2, 0.25) is 0 Å². The van der Waals surface area contributed by atoms with E-state index in [1.165, 1.54) is 0 Å². The molecule has 0 saturated heterocycles. The molecule has 0 aliphatic rings. The summed E-state index contributed by atoms with van der Waals surface area (Å²) in [7, 11) is 0. The lowest BCUT2D eigenvalue weighted by atomic mass is 10.1. The molecule has 38 heavy (non-hydrogen) atoms. The minimum Gasteiger partial charge on any atom is -0.483 e. The second kappa shape index (κ2) is 10.6. The fraction of sp³-hybridized carbons (Fsp3) is 0.167. The third-order valence-corrected chi connectivity index (χ3v) is 6.04. The normalized spacial score (nSPS) is 10.9. The molecule has 8 heteroatoms. The summed E-state index contributed by atoms with van der Waals surface area (Å²) in [6, 6.07) is 20.5. The number of amides is 1. The number of anilines is 1. The van der Waals surface area contributed by atoms with Crippen molar-refractivity contribution in [3.8, 4) is 22.9 Å². The number of aromatic nitrogens is 2. The van der Waals surface area contributed by atoms with Gasteiger partial charge < -0.3 is 19.2 Å². The highest BCUT2D eigenvalue weighted by Gasteiger charge is 2.18. The monoisotopic (exact) mass is 509 g/mol. The molecule has 8 nitrogen and oxygen atoms in total. The van der Waals surface area contributed by atoms with Gasteiger partial charge in [-0.05, 0) is 61.7 Å². The summed E-state index contributed by atoms with van der Waals surface area (Å²) in [6.07, 6.45) is 3.85. The number of benzene rings is 3. The molecule has 0 fully saturated rings. The lowest BCUT2D eigenvalue weighted by Crippen LogP contribution is -2.20. The zero-order valence-electron chi connectivity index (χ0n) is 21.4. The van der Waals surface area contributed by atoms with Crippen LogP contribution in [-0.2, 0) is 11.2 Å². The molecule has 1 amide bonds. The van der Waals surface area contributed by atoms with Crippen molar-refractivity contribution in [1.29, 1.82) is 0 Å². The number of fused-ring (bicyclic) bond motifs is 1. The number of nitrogens with one attached hydrogen (secondary N) is 1. The summed E-state index contributed by atoms with van der Waals surface area (Å²) in [4.78, 5) is 25.8. The minimum atomic E-state index is -0.297. The third-order valence-electron chi connectivity index (χ3n) is 6.04. The third kappa shape index (κ3) is 5.29. The zero-order chi connectivity index (χ0) is 26.6. The Morgan fingerprint density at radius 2 is 1.87 bits per heavy atom. The van der Waals surface area contributed by atoms with Crippen molar-refractivity contribution in [2.24, 2.45) is 0 Å². The van der Waals surface area contributed by atoms with Crippen molar-refractivity contribution in [2.45, 2.75) is 27.2 Å². The summed E-state index contributed by atoms with van der Waals surface area (Å²) in [5.74, 6) is 1.04. The maximum atomic E-state index is 13.4. The fourth-order valence-corrected chi connectivity index (χ4v) is 4.15. The Morgan fingerprint density at radius 1 is 1.05 bits per heavy atom. The van der Waals surface area contributed by atoms with Crippen LogP contribution in [0, 0.1) is 13.8 Å². The average molecular weight is 510 g/mol. The molecule has 5 aromatic rings. The fourth-order valence-electron chi connectivity index (χ4n) is 4.15. The molecule has 1 N–H and O–H groups in total. The minimum absolute atomic E-state index is 0.0957. The molecular formula is C30H27N3O5. The SMILES string of the molecule is CCc1cc2c(=O)c(Oc3cnn(-c4ccccc4)c3)c(C)oc2cc1OCC(=O)Nc1cccc(C)c1. The quantitative estimate of drug-likeness (QED) is 0.277. The first-order valence-corrected chi connectivity index (χ1v) is 12.3. The number of hydrogen-bond acceptors (Lipinski definition) is 6. The lowest BCUT2D eigenvalue weighted by molar-refractivity contribution is -0.118. The molecule has 192 valence electrons. The maximum Gasteiger partial charge on any atom is 0.262 e. The van der Waals surface area contributed by atoms with E-state index in [0.29, 0.717) is 40.3 Å². The summed E-state index contributed by atoms with van der Waals surface area (Å²) < 4.78 is 19.4. The number of hydrogen-bond donors (Lipinski definition) is 1. The Hall–Kier alpha value is -4.85. The van der Waals surface area contributed by atoms with Gasteiger partial charge in [-0.1, -0.05) is 37.3 Å². The van der Waals surface area contributed by atoms with E-state index >= 15 is 0 Å². The van der Waals surface area contributed by atoms with E-state index in [9.17, 15) is 9.59 Å². The Morgan fingerprint density at radius 3 is 2.63 bits per heavy atom. The van der Waals surface area contributed by atoms with E-state index in [4.69, 9.17) is 13.9 Å². The summed E-state index contributed by atoms with van der Waals surface area (Å²) in [5, 5.41) is 7.52. The molecule has 0 bridgehead atoms. The van der Waals surface area contributed by atoms with Gasteiger partial charge in [-0.3, -0.25) is 9.59 Å². The van der Waals surface area contributed by atoms with Crippen molar-refractivity contribution in [1.82, 2.24) is 9.78 Å². The van der Waals surface area contributed by atoms with Crippen LogP contribution in [0.15, 0.2) is 88.3 Å². The molecule has 5 rings (SSSR count). The molecule has 0 saturated carbocycles. The molecule has 0 atom stereocenters. The second-order valence-corrected chi connectivity index (χ2v) is 8.89. The molecule has 0 spiro atoms. The predicted molar refractivity (Wildman–Crippen MR) is 146 cm³/mol.